The number of amides is 1. The summed E-state index contributed by atoms with van der Waals surface area (Å²) >= 11 is 1.59. The van der Waals surface area contributed by atoms with Gasteiger partial charge in [-0.05, 0) is 11.4 Å². The van der Waals surface area contributed by atoms with Crippen LogP contribution in [-0.4, -0.2) is 89.8 Å². The Bertz CT molecular complexity index is 706. The van der Waals surface area contributed by atoms with Crippen molar-refractivity contribution in [2.24, 2.45) is 0 Å². The summed E-state index contributed by atoms with van der Waals surface area (Å²) < 4.78 is 11.1. The lowest BCUT2D eigenvalue weighted by molar-refractivity contribution is -0.135. The molecule has 2 aliphatic rings. The molecule has 0 atom stereocenters. The number of carbonyl (C=O) groups excluding carboxylic acids is 1. The molecule has 1 amide bonds. The van der Waals surface area contributed by atoms with Crippen LogP contribution in [0.5, 0.6) is 0 Å². The lowest BCUT2D eigenvalue weighted by atomic mass is 10.3. The fourth-order valence-electron chi connectivity index (χ4n) is 3.21. The third kappa shape index (κ3) is 4.29. The molecule has 2 aliphatic heterocycles. The van der Waals surface area contributed by atoms with Gasteiger partial charge in [0.1, 0.15) is 0 Å². The molecule has 140 valence electrons. The molecule has 2 fully saturated rings. The van der Waals surface area contributed by atoms with Crippen LogP contribution >= 0.6 is 11.3 Å². The van der Waals surface area contributed by atoms with E-state index in [2.05, 4.69) is 20.0 Å². The van der Waals surface area contributed by atoms with Gasteiger partial charge < -0.3 is 14.1 Å². The molecule has 2 saturated heterocycles. The number of piperazine rings is 1. The number of morpholine rings is 1. The van der Waals surface area contributed by atoms with Gasteiger partial charge in [-0.25, -0.2) is 0 Å². The van der Waals surface area contributed by atoms with Crippen LogP contribution in [0.3, 0.4) is 0 Å². The van der Waals surface area contributed by atoms with Gasteiger partial charge in [-0.1, -0.05) is 6.07 Å². The molecule has 0 spiro atoms. The Labute approximate surface area is 156 Å². The van der Waals surface area contributed by atoms with Crippen LogP contribution in [0.2, 0.25) is 0 Å². The first-order valence-corrected chi connectivity index (χ1v) is 9.82. The van der Waals surface area contributed by atoms with E-state index in [0.717, 1.165) is 57.4 Å². The Balaban J connectivity index is 1.24. The standard InChI is InChI=1S/C17H23N5O3S/c23-16(13-21-7-9-24-10-8-21)22-5-3-20(4-6-22)12-15-18-19-17(25-15)14-2-1-11-26-14/h1-2,11H,3-10,12-13H2. The number of nitrogens with zero attached hydrogens (tertiary/aromatic N) is 5. The number of carbonyl (C=O) groups is 1. The van der Waals surface area contributed by atoms with Gasteiger partial charge in [0.25, 0.3) is 5.89 Å². The van der Waals surface area contributed by atoms with E-state index in [9.17, 15) is 4.79 Å². The molecule has 8 nitrogen and oxygen atoms in total. The van der Waals surface area contributed by atoms with Crippen molar-refractivity contribution < 1.29 is 13.9 Å². The highest BCUT2D eigenvalue weighted by Crippen LogP contribution is 2.23. The number of aromatic nitrogens is 2. The Kier molecular flexibility index (Phi) is 5.59. The molecule has 0 N–H and O–H groups in total. The number of hydrogen-bond donors (Lipinski definition) is 0. The van der Waals surface area contributed by atoms with E-state index >= 15 is 0 Å². The van der Waals surface area contributed by atoms with Gasteiger partial charge in [0.2, 0.25) is 11.8 Å². The Hall–Kier alpha value is -1.81. The zero-order valence-electron chi connectivity index (χ0n) is 14.7. The summed E-state index contributed by atoms with van der Waals surface area (Å²) in [5.41, 5.74) is 0. The molecule has 26 heavy (non-hydrogen) atoms. The number of rotatable bonds is 5. The minimum Gasteiger partial charge on any atom is -0.419 e. The zero-order chi connectivity index (χ0) is 17.8. The fraction of sp³-hybridized carbons (Fsp3) is 0.588. The van der Waals surface area contributed by atoms with Gasteiger partial charge >= 0.3 is 0 Å². The van der Waals surface area contributed by atoms with Crippen LogP contribution in [-0.2, 0) is 16.1 Å². The summed E-state index contributed by atoms with van der Waals surface area (Å²) in [7, 11) is 0. The normalized spacial score (nSPS) is 19.8. The Morgan fingerprint density at radius 2 is 1.88 bits per heavy atom. The van der Waals surface area contributed by atoms with Crippen molar-refractivity contribution in [2.75, 3.05) is 59.0 Å². The average molecular weight is 377 g/mol. The lowest BCUT2D eigenvalue weighted by Crippen LogP contribution is -2.52. The van der Waals surface area contributed by atoms with Crippen LogP contribution in [0.25, 0.3) is 10.8 Å². The second kappa shape index (κ2) is 8.26. The third-order valence-electron chi connectivity index (χ3n) is 4.75. The number of thiophene rings is 1. The van der Waals surface area contributed by atoms with Crippen LogP contribution in [0.1, 0.15) is 5.89 Å². The van der Waals surface area contributed by atoms with Crippen molar-refractivity contribution in [2.45, 2.75) is 6.54 Å². The highest BCUT2D eigenvalue weighted by molar-refractivity contribution is 7.13. The molecule has 9 heteroatoms. The molecule has 4 rings (SSSR count). The molecular weight excluding hydrogens is 354 g/mol. The molecule has 0 bridgehead atoms. The van der Waals surface area contributed by atoms with Crippen molar-refractivity contribution >= 4 is 17.2 Å². The van der Waals surface area contributed by atoms with Crippen molar-refractivity contribution in [3.8, 4) is 10.8 Å². The molecule has 0 saturated carbocycles. The SMILES string of the molecule is O=C(CN1CCOCC1)N1CCN(Cc2nnc(-c3cccs3)o2)CC1. The number of hydrogen-bond acceptors (Lipinski definition) is 8. The molecule has 2 aromatic rings. The van der Waals surface area contributed by atoms with Crippen molar-refractivity contribution in [3.63, 3.8) is 0 Å². The molecular formula is C17H23N5O3S. The summed E-state index contributed by atoms with van der Waals surface area (Å²) in [4.78, 5) is 19.8. The summed E-state index contributed by atoms with van der Waals surface area (Å²) in [5, 5.41) is 10.3. The summed E-state index contributed by atoms with van der Waals surface area (Å²) in [5.74, 6) is 1.42. The van der Waals surface area contributed by atoms with E-state index in [0.29, 0.717) is 24.9 Å². The van der Waals surface area contributed by atoms with Gasteiger partial charge in [0.15, 0.2) is 0 Å². The molecule has 0 unspecified atom stereocenters. The monoisotopic (exact) mass is 377 g/mol. The lowest BCUT2D eigenvalue weighted by Gasteiger charge is -2.35. The topological polar surface area (TPSA) is 74.9 Å². The van der Waals surface area contributed by atoms with Gasteiger partial charge in [-0.3, -0.25) is 14.6 Å². The van der Waals surface area contributed by atoms with E-state index in [4.69, 9.17) is 9.15 Å². The average Bonchev–Trinajstić information content (AvgIpc) is 3.35. The zero-order valence-corrected chi connectivity index (χ0v) is 15.5. The number of ether oxygens (including phenoxy) is 1. The minimum absolute atomic E-state index is 0.212. The minimum atomic E-state index is 0.212. The van der Waals surface area contributed by atoms with E-state index < -0.39 is 0 Å². The van der Waals surface area contributed by atoms with Crippen LogP contribution in [0.15, 0.2) is 21.9 Å². The van der Waals surface area contributed by atoms with Crippen LogP contribution < -0.4 is 0 Å². The first kappa shape index (κ1) is 17.6. The van der Waals surface area contributed by atoms with E-state index in [-0.39, 0.29) is 5.91 Å². The molecule has 0 aromatic carbocycles. The first-order valence-electron chi connectivity index (χ1n) is 8.94. The summed E-state index contributed by atoms with van der Waals surface area (Å²) in [6.07, 6.45) is 0. The van der Waals surface area contributed by atoms with Gasteiger partial charge in [-0.2, -0.15) is 0 Å². The Morgan fingerprint density at radius 1 is 1.08 bits per heavy atom. The van der Waals surface area contributed by atoms with Crippen molar-refractivity contribution in [3.05, 3.63) is 23.4 Å². The molecule has 0 radical (unpaired) electrons. The first-order chi connectivity index (χ1) is 12.8. The fourth-order valence-corrected chi connectivity index (χ4v) is 3.86. The van der Waals surface area contributed by atoms with Gasteiger partial charge in [-0.15, -0.1) is 21.5 Å². The van der Waals surface area contributed by atoms with Crippen molar-refractivity contribution in [1.29, 1.82) is 0 Å². The van der Waals surface area contributed by atoms with Crippen molar-refractivity contribution in [1.82, 2.24) is 24.9 Å². The second-order valence-corrected chi connectivity index (χ2v) is 7.47. The third-order valence-corrected chi connectivity index (χ3v) is 5.60. The maximum absolute atomic E-state index is 12.5. The Morgan fingerprint density at radius 3 is 2.62 bits per heavy atom. The maximum Gasteiger partial charge on any atom is 0.257 e. The maximum atomic E-state index is 12.5. The van der Waals surface area contributed by atoms with Gasteiger partial charge in [0.05, 0.1) is 31.2 Å². The molecule has 0 aliphatic carbocycles. The highest BCUT2D eigenvalue weighted by Gasteiger charge is 2.24. The smallest absolute Gasteiger partial charge is 0.257 e. The second-order valence-electron chi connectivity index (χ2n) is 6.52. The highest BCUT2D eigenvalue weighted by atomic mass is 32.1. The largest absolute Gasteiger partial charge is 0.419 e. The molecule has 4 heterocycles. The summed E-state index contributed by atoms with van der Waals surface area (Å²) in [6.45, 7) is 7.39. The molecule has 2 aromatic heterocycles. The predicted molar refractivity (Wildman–Crippen MR) is 96.7 cm³/mol. The van der Waals surface area contributed by atoms with Gasteiger partial charge in [0, 0.05) is 39.3 Å². The predicted octanol–water partition coefficient (Wildman–Crippen LogP) is 0.775. The van der Waals surface area contributed by atoms with Crippen LogP contribution in [0.4, 0.5) is 0 Å². The van der Waals surface area contributed by atoms with E-state index in [1.54, 1.807) is 11.3 Å². The van der Waals surface area contributed by atoms with Crippen LogP contribution in [0, 0.1) is 0 Å². The quantitative estimate of drug-likeness (QED) is 0.762. The van der Waals surface area contributed by atoms with E-state index in [1.807, 2.05) is 22.4 Å². The van der Waals surface area contributed by atoms with E-state index in [1.165, 1.54) is 0 Å². The summed E-state index contributed by atoms with van der Waals surface area (Å²) in [6, 6.07) is 3.94.